The van der Waals surface area contributed by atoms with Crippen LogP contribution >= 0.6 is 0 Å². The van der Waals surface area contributed by atoms with E-state index in [0.717, 1.165) is 35.2 Å². The van der Waals surface area contributed by atoms with Crippen LogP contribution in [0.1, 0.15) is 35.2 Å². The Hall–Kier alpha value is -3.73. The van der Waals surface area contributed by atoms with E-state index in [1.54, 1.807) is 12.4 Å². The molecule has 0 aliphatic carbocycles. The monoisotopic (exact) mass is 436 g/mol. The van der Waals surface area contributed by atoms with Crippen molar-refractivity contribution in [2.24, 2.45) is 0 Å². The van der Waals surface area contributed by atoms with Crippen LogP contribution in [-0.4, -0.2) is 40.9 Å². The van der Waals surface area contributed by atoms with Crippen LogP contribution in [0.4, 0.5) is 5.69 Å². The van der Waals surface area contributed by atoms with Crippen LogP contribution in [0.2, 0.25) is 0 Å². The minimum Gasteiger partial charge on any atom is -0.371 e. The summed E-state index contributed by atoms with van der Waals surface area (Å²) in [4.78, 5) is 27.0. The number of pyridine rings is 2. The van der Waals surface area contributed by atoms with Gasteiger partial charge in [-0.1, -0.05) is 36.4 Å². The Kier molecular flexibility index (Phi) is 6.03. The topological polar surface area (TPSA) is 49.3 Å². The first kappa shape index (κ1) is 21.1. The number of benzene rings is 2. The molecule has 5 heteroatoms. The van der Waals surface area contributed by atoms with Crippen LogP contribution in [0.5, 0.6) is 0 Å². The molecule has 0 radical (unpaired) electrons. The van der Waals surface area contributed by atoms with Gasteiger partial charge >= 0.3 is 0 Å². The average Bonchev–Trinajstić information content (AvgIpc) is 2.89. The summed E-state index contributed by atoms with van der Waals surface area (Å²) in [7, 11) is 1.88. The standard InChI is InChI=1S/C28H28N4O/c1-31(20-22-10-3-6-14-27(22)32-16-7-2-8-17-32)28(33)24-18-26(21-11-9-15-29-19-21)30-25-13-5-4-12-23(24)25/h3-6,9-15,18-19H,2,7-8,16-17,20H2,1H3. The maximum atomic E-state index is 13.7. The first-order valence-corrected chi connectivity index (χ1v) is 11.6. The van der Waals surface area contributed by atoms with Crippen LogP contribution in [0.15, 0.2) is 79.1 Å². The molecule has 5 nitrogen and oxygen atoms in total. The van der Waals surface area contributed by atoms with Gasteiger partial charge in [0.05, 0.1) is 16.8 Å². The number of para-hydroxylation sites is 2. The van der Waals surface area contributed by atoms with Crippen molar-refractivity contribution >= 4 is 22.5 Å². The number of rotatable bonds is 5. The Labute approximate surface area is 194 Å². The van der Waals surface area contributed by atoms with Gasteiger partial charge in [-0.25, -0.2) is 4.98 Å². The summed E-state index contributed by atoms with van der Waals surface area (Å²) in [5, 5.41) is 0.867. The van der Waals surface area contributed by atoms with E-state index in [0.29, 0.717) is 12.1 Å². The fourth-order valence-corrected chi connectivity index (χ4v) is 4.64. The Morgan fingerprint density at radius 1 is 0.970 bits per heavy atom. The number of nitrogens with zero attached hydrogens (tertiary/aromatic N) is 4. The number of fused-ring (bicyclic) bond motifs is 1. The summed E-state index contributed by atoms with van der Waals surface area (Å²) in [6.07, 6.45) is 7.27. The number of aromatic nitrogens is 2. The van der Waals surface area contributed by atoms with Crippen LogP contribution in [0.3, 0.4) is 0 Å². The zero-order chi connectivity index (χ0) is 22.6. The lowest BCUT2D eigenvalue weighted by Gasteiger charge is -2.31. The molecule has 4 aromatic rings. The van der Waals surface area contributed by atoms with Crippen molar-refractivity contribution in [3.05, 3.63) is 90.3 Å². The van der Waals surface area contributed by atoms with Crippen molar-refractivity contribution in [2.45, 2.75) is 25.8 Å². The van der Waals surface area contributed by atoms with E-state index >= 15 is 0 Å². The fraction of sp³-hybridized carbons (Fsp3) is 0.250. The molecule has 0 unspecified atom stereocenters. The lowest BCUT2D eigenvalue weighted by atomic mass is 10.0. The summed E-state index contributed by atoms with van der Waals surface area (Å²) in [6.45, 7) is 2.72. The lowest BCUT2D eigenvalue weighted by molar-refractivity contribution is 0.0787. The number of hydrogen-bond acceptors (Lipinski definition) is 4. The molecule has 0 bridgehead atoms. The van der Waals surface area contributed by atoms with Gasteiger partial charge in [0.15, 0.2) is 0 Å². The number of piperidine rings is 1. The highest BCUT2D eigenvalue weighted by Crippen LogP contribution is 2.28. The molecule has 1 aliphatic heterocycles. The second-order valence-corrected chi connectivity index (χ2v) is 8.65. The first-order chi connectivity index (χ1) is 16.2. The van der Waals surface area contributed by atoms with E-state index in [-0.39, 0.29) is 5.91 Å². The Morgan fingerprint density at radius 3 is 2.58 bits per heavy atom. The van der Waals surface area contributed by atoms with E-state index in [4.69, 9.17) is 4.98 Å². The summed E-state index contributed by atoms with van der Waals surface area (Å²) in [5.74, 6) is -0.00723. The van der Waals surface area contributed by atoms with Crippen molar-refractivity contribution in [3.63, 3.8) is 0 Å². The minimum absolute atomic E-state index is 0.00723. The van der Waals surface area contributed by atoms with Gasteiger partial charge in [0.25, 0.3) is 5.91 Å². The number of carbonyl (C=O) groups excluding carboxylic acids is 1. The van der Waals surface area contributed by atoms with Gasteiger partial charge in [-0.15, -0.1) is 0 Å². The molecule has 1 aliphatic rings. The second-order valence-electron chi connectivity index (χ2n) is 8.65. The molecule has 0 N–H and O–H groups in total. The molecular weight excluding hydrogens is 408 g/mol. The number of anilines is 1. The second kappa shape index (κ2) is 9.41. The van der Waals surface area contributed by atoms with Gasteiger partial charge in [-0.3, -0.25) is 9.78 Å². The molecule has 3 heterocycles. The van der Waals surface area contributed by atoms with Crippen LogP contribution < -0.4 is 4.90 Å². The minimum atomic E-state index is -0.00723. The predicted molar refractivity (Wildman–Crippen MR) is 133 cm³/mol. The molecule has 33 heavy (non-hydrogen) atoms. The molecule has 0 atom stereocenters. The van der Waals surface area contributed by atoms with Crippen LogP contribution in [0, 0.1) is 0 Å². The van der Waals surface area contributed by atoms with Gasteiger partial charge < -0.3 is 9.80 Å². The Morgan fingerprint density at radius 2 is 1.76 bits per heavy atom. The maximum Gasteiger partial charge on any atom is 0.254 e. The summed E-state index contributed by atoms with van der Waals surface area (Å²) in [6, 6.07) is 22.1. The molecular formula is C28H28N4O. The van der Waals surface area contributed by atoms with Crippen LogP contribution in [-0.2, 0) is 6.54 Å². The summed E-state index contributed by atoms with van der Waals surface area (Å²) >= 11 is 0. The number of carbonyl (C=O) groups is 1. The van der Waals surface area contributed by atoms with E-state index in [1.165, 1.54) is 30.5 Å². The van der Waals surface area contributed by atoms with Crippen molar-refractivity contribution < 1.29 is 4.79 Å². The lowest BCUT2D eigenvalue weighted by Crippen LogP contribution is -2.32. The molecule has 1 fully saturated rings. The third-order valence-corrected chi connectivity index (χ3v) is 6.35. The molecule has 2 aromatic carbocycles. The largest absolute Gasteiger partial charge is 0.371 e. The Balaban J connectivity index is 1.48. The van der Waals surface area contributed by atoms with E-state index in [2.05, 4.69) is 34.1 Å². The molecule has 1 amide bonds. The van der Waals surface area contributed by atoms with Crippen LogP contribution in [0.25, 0.3) is 22.2 Å². The zero-order valence-corrected chi connectivity index (χ0v) is 18.9. The highest BCUT2D eigenvalue weighted by Gasteiger charge is 2.20. The third kappa shape index (κ3) is 4.44. The van der Waals surface area contributed by atoms with Crippen molar-refractivity contribution in [2.75, 3.05) is 25.0 Å². The zero-order valence-electron chi connectivity index (χ0n) is 18.9. The quantitative estimate of drug-likeness (QED) is 0.411. The molecule has 0 spiro atoms. The predicted octanol–water partition coefficient (Wildman–Crippen LogP) is 5.56. The molecule has 5 rings (SSSR count). The smallest absolute Gasteiger partial charge is 0.254 e. The third-order valence-electron chi connectivity index (χ3n) is 6.35. The van der Waals surface area contributed by atoms with E-state index < -0.39 is 0 Å². The van der Waals surface area contributed by atoms with E-state index in [1.807, 2.05) is 54.4 Å². The summed E-state index contributed by atoms with van der Waals surface area (Å²) < 4.78 is 0. The van der Waals surface area contributed by atoms with Crippen molar-refractivity contribution in [1.82, 2.24) is 14.9 Å². The van der Waals surface area contributed by atoms with Gasteiger partial charge in [0.1, 0.15) is 0 Å². The number of amides is 1. The van der Waals surface area contributed by atoms with Gasteiger partial charge in [0, 0.05) is 55.7 Å². The molecule has 1 saturated heterocycles. The molecule has 0 saturated carbocycles. The first-order valence-electron chi connectivity index (χ1n) is 11.6. The van der Waals surface area contributed by atoms with Gasteiger partial charge in [-0.2, -0.15) is 0 Å². The fourth-order valence-electron chi connectivity index (χ4n) is 4.64. The maximum absolute atomic E-state index is 13.7. The Bertz CT molecular complexity index is 1270. The summed E-state index contributed by atoms with van der Waals surface area (Å²) in [5.41, 5.74) is 5.55. The van der Waals surface area contributed by atoms with Crippen molar-refractivity contribution in [1.29, 1.82) is 0 Å². The van der Waals surface area contributed by atoms with Gasteiger partial charge in [0.2, 0.25) is 0 Å². The van der Waals surface area contributed by atoms with Crippen molar-refractivity contribution in [3.8, 4) is 11.3 Å². The normalized spacial score (nSPS) is 13.8. The number of hydrogen-bond donors (Lipinski definition) is 0. The van der Waals surface area contributed by atoms with Gasteiger partial charge in [-0.05, 0) is 55.2 Å². The highest BCUT2D eigenvalue weighted by atomic mass is 16.2. The highest BCUT2D eigenvalue weighted by molar-refractivity contribution is 6.07. The molecule has 2 aromatic heterocycles. The SMILES string of the molecule is CN(Cc1ccccc1N1CCCCC1)C(=O)c1cc(-c2cccnc2)nc2ccccc12. The van der Waals surface area contributed by atoms with E-state index in [9.17, 15) is 4.79 Å². The average molecular weight is 437 g/mol. The molecule has 166 valence electrons.